The Kier molecular flexibility index (Phi) is 7.09. The Morgan fingerprint density at radius 1 is 1.23 bits per heavy atom. The average molecular weight is 459 g/mol. The topological polar surface area (TPSA) is 101 Å². The summed E-state index contributed by atoms with van der Waals surface area (Å²) in [7, 11) is -5.31. The Balaban J connectivity index is 1.75. The molecule has 2 saturated heterocycles. The third kappa shape index (κ3) is 4.97. The molecule has 2 atom stereocenters. The van der Waals surface area contributed by atoms with Crippen molar-refractivity contribution >= 4 is 25.8 Å². The van der Waals surface area contributed by atoms with Crippen molar-refractivity contribution in [3.05, 3.63) is 24.3 Å². The summed E-state index contributed by atoms with van der Waals surface area (Å²) in [6, 6.07) is 5.90. The second kappa shape index (κ2) is 9.23. The van der Waals surface area contributed by atoms with Crippen LogP contribution in [0.2, 0.25) is 0 Å². The molecule has 2 fully saturated rings. The van der Waals surface area contributed by atoms with E-state index in [1.54, 1.807) is 17.0 Å². The van der Waals surface area contributed by atoms with E-state index >= 15 is 0 Å². The second-order valence-corrected chi connectivity index (χ2v) is 12.1. The molecule has 0 spiro atoms. The molecule has 0 N–H and O–H groups in total. The van der Waals surface area contributed by atoms with E-state index in [1.165, 1.54) is 23.5 Å². The third-order valence-electron chi connectivity index (χ3n) is 5.83. The summed E-state index contributed by atoms with van der Waals surface area (Å²) < 4.78 is 56.4. The van der Waals surface area contributed by atoms with Gasteiger partial charge in [-0.3, -0.25) is 4.79 Å². The van der Waals surface area contributed by atoms with Gasteiger partial charge in [0.25, 0.3) is 0 Å². The maximum absolute atomic E-state index is 13.3. The molecule has 2 unspecified atom stereocenters. The fraction of sp³-hybridized carbons (Fsp3) is 0.650. The number of hydrogen-bond acceptors (Lipinski definition) is 6. The Labute approximate surface area is 179 Å². The van der Waals surface area contributed by atoms with Crippen molar-refractivity contribution in [3.8, 4) is 5.75 Å². The lowest BCUT2D eigenvalue weighted by Crippen LogP contribution is -2.50. The number of carbonyl (C=O) groups excluding carboxylic acids is 1. The monoisotopic (exact) mass is 458 g/mol. The van der Waals surface area contributed by atoms with Crippen LogP contribution in [0.1, 0.15) is 32.6 Å². The molecule has 0 aliphatic carbocycles. The molecule has 10 heteroatoms. The zero-order valence-electron chi connectivity index (χ0n) is 17.5. The van der Waals surface area contributed by atoms with Crippen molar-refractivity contribution < 1.29 is 26.4 Å². The van der Waals surface area contributed by atoms with E-state index in [9.17, 15) is 21.6 Å². The van der Waals surface area contributed by atoms with Crippen LogP contribution in [-0.4, -0.2) is 76.2 Å². The number of sulfonamides is 1. The molecular weight excluding hydrogens is 428 g/mol. The summed E-state index contributed by atoms with van der Waals surface area (Å²) in [6.07, 6.45) is 2.37. The number of hydrogen-bond donors (Lipinski definition) is 0. The minimum absolute atomic E-state index is 0.000673. The van der Waals surface area contributed by atoms with Gasteiger partial charge in [0.2, 0.25) is 15.9 Å². The largest absolute Gasteiger partial charge is 0.497 e. The highest BCUT2D eigenvalue weighted by Crippen LogP contribution is 2.28. The fourth-order valence-electron chi connectivity index (χ4n) is 4.23. The van der Waals surface area contributed by atoms with E-state index in [-0.39, 0.29) is 34.9 Å². The summed E-state index contributed by atoms with van der Waals surface area (Å²) in [5.41, 5.74) is 0. The molecule has 0 bridgehead atoms. The number of rotatable bonds is 7. The lowest BCUT2D eigenvalue weighted by atomic mass is 9.97. The molecule has 0 saturated carbocycles. The number of amides is 1. The van der Waals surface area contributed by atoms with Crippen molar-refractivity contribution in [2.45, 2.75) is 43.5 Å². The number of methoxy groups -OCH3 is 1. The number of nitrogens with zero attached hydrogens (tertiary/aromatic N) is 2. The van der Waals surface area contributed by atoms with Crippen LogP contribution in [0.4, 0.5) is 0 Å². The predicted octanol–water partition coefficient (Wildman–Crippen LogP) is 1.52. The first kappa shape index (κ1) is 23.0. The van der Waals surface area contributed by atoms with Gasteiger partial charge >= 0.3 is 0 Å². The molecule has 2 aliphatic rings. The summed E-state index contributed by atoms with van der Waals surface area (Å²) >= 11 is 0. The van der Waals surface area contributed by atoms with Crippen LogP contribution in [-0.2, 0) is 24.7 Å². The highest BCUT2D eigenvalue weighted by molar-refractivity contribution is 7.91. The SMILES string of the molecule is CCCN(C(=O)C1CCCN(S(=O)(=O)c2ccc(OC)cc2)C1)C1CCS(=O)(=O)C1. The highest BCUT2D eigenvalue weighted by Gasteiger charge is 2.39. The number of piperidine rings is 1. The molecule has 2 aliphatic heterocycles. The predicted molar refractivity (Wildman–Crippen MR) is 114 cm³/mol. The molecule has 3 rings (SSSR count). The zero-order chi connectivity index (χ0) is 21.9. The molecule has 30 heavy (non-hydrogen) atoms. The Morgan fingerprint density at radius 3 is 2.50 bits per heavy atom. The Hall–Kier alpha value is -1.65. The molecule has 0 aromatic heterocycles. The zero-order valence-corrected chi connectivity index (χ0v) is 19.1. The van der Waals surface area contributed by atoms with Crippen LogP contribution in [0.5, 0.6) is 5.75 Å². The molecule has 2 heterocycles. The first-order valence-corrected chi connectivity index (χ1v) is 13.6. The minimum Gasteiger partial charge on any atom is -0.497 e. The molecular formula is C20H30N2O6S2. The van der Waals surface area contributed by atoms with Gasteiger partial charge in [-0.15, -0.1) is 0 Å². The standard InChI is InChI=1S/C20H30N2O6S2/c1-3-11-22(17-10-13-29(24,25)15-17)20(23)16-5-4-12-21(14-16)30(26,27)19-8-6-18(28-2)7-9-19/h6-9,16-17H,3-5,10-15H2,1-2H3. The lowest BCUT2D eigenvalue weighted by Gasteiger charge is -2.36. The Bertz CT molecular complexity index is 960. The van der Waals surface area contributed by atoms with E-state index in [2.05, 4.69) is 0 Å². The van der Waals surface area contributed by atoms with Gasteiger partial charge in [0, 0.05) is 25.7 Å². The highest BCUT2D eigenvalue weighted by atomic mass is 32.2. The number of benzene rings is 1. The van der Waals surface area contributed by atoms with Gasteiger partial charge in [-0.25, -0.2) is 16.8 Å². The number of carbonyl (C=O) groups is 1. The average Bonchev–Trinajstić information content (AvgIpc) is 3.11. The van der Waals surface area contributed by atoms with E-state index in [0.717, 1.165) is 6.42 Å². The second-order valence-electron chi connectivity index (χ2n) is 7.97. The van der Waals surface area contributed by atoms with Gasteiger partial charge in [-0.1, -0.05) is 6.92 Å². The van der Waals surface area contributed by atoms with E-state index in [1.807, 2.05) is 6.92 Å². The van der Waals surface area contributed by atoms with Crippen molar-refractivity contribution in [2.24, 2.45) is 5.92 Å². The van der Waals surface area contributed by atoms with Crippen molar-refractivity contribution in [1.29, 1.82) is 0 Å². The van der Waals surface area contributed by atoms with Crippen LogP contribution in [0.25, 0.3) is 0 Å². The first-order valence-electron chi connectivity index (χ1n) is 10.3. The Morgan fingerprint density at radius 2 is 1.93 bits per heavy atom. The van der Waals surface area contributed by atoms with E-state index in [4.69, 9.17) is 4.74 Å². The molecule has 0 radical (unpaired) electrons. The first-order chi connectivity index (χ1) is 14.2. The number of ether oxygens (including phenoxy) is 1. The van der Waals surface area contributed by atoms with Gasteiger partial charge < -0.3 is 9.64 Å². The lowest BCUT2D eigenvalue weighted by molar-refractivity contribution is -0.138. The molecule has 1 amide bonds. The smallest absolute Gasteiger partial charge is 0.243 e. The maximum atomic E-state index is 13.3. The van der Waals surface area contributed by atoms with E-state index in [0.29, 0.717) is 38.1 Å². The van der Waals surface area contributed by atoms with Crippen LogP contribution < -0.4 is 4.74 Å². The molecule has 1 aromatic rings. The number of sulfone groups is 1. The fourth-order valence-corrected chi connectivity index (χ4v) is 7.48. The minimum atomic E-state index is -3.72. The van der Waals surface area contributed by atoms with Gasteiger partial charge in [0.15, 0.2) is 9.84 Å². The summed E-state index contributed by atoms with van der Waals surface area (Å²) in [5.74, 6) is 0.0882. The van der Waals surface area contributed by atoms with Gasteiger partial charge in [-0.2, -0.15) is 4.31 Å². The van der Waals surface area contributed by atoms with Gasteiger partial charge in [-0.05, 0) is 49.9 Å². The molecule has 168 valence electrons. The summed E-state index contributed by atoms with van der Waals surface area (Å²) in [4.78, 5) is 15.1. The quantitative estimate of drug-likeness (QED) is 0.614. The molecule has 8 nitrogen and oxygen atoms in total. The van der Waals surface area contributed by atoms with Crippen LogP contribution in [0.15, 0.2) is 29.2 Å². The van der Waals surface area contributed by atoms with Crippen LogP contribution >= 0.6 is 0 Å². The third-order valence-corrected chi connectivity index (χ3v) is 9.46. The van der Waals surface area contributed by atoms with Crippen molar-refractivity contribution in [2.75, 3.05) is 38.2 Å². The van der Waals surface area contributed by atoms with Crippen molar-refractivity contribution in [1.82, 2.24) is 9.21 Å². The van der Waals surface area contributed by atoms with Crippen LogP contribution in [0.3, 0.4) is 0 Å². The maximum Gasteiger partial charge on any atom is 0.243 e. The summed E-state index contributed by atoms with van der Waals surface area (Å²) in [5, 5.41) is 0. The normalized spacial score (nSPS) is 24.5. The van der Waals surface area contributed by atoms with Gasteiger partial charge in [0.1, 0.15) is 5.75 Å². The van der Waals surface area contributed by atoms with Gasteiger partial charge in [0.05, 0.1) is 29.4 Å². The van der Waals surface area contributed by atoms with Crippen LogP contribution in [0, 0.1) is 5.92 Å². The summed E-state index contributed by atoms with van der Waals surface area (Å²) in [6.45, 7) is 2.92. The molecule has 1 aromatic carbocycles. The van der Waals surface area contributed by atoms with Crippen molar-refractivity contribution in [3.63, 3.8) is 0 Å². The van der Waals surface area contributed by atoms with E-state index < -0.39 is 25.8 Å².